The lowest BCUT2D eigenvalue weighted by Gasteiger charge is -2.06. The van der Waals surface area contributed by atoms with Gasteiger partial charge in [-0.15, -0.1) is 0 Å². The first-order valence-electron chi connectivity index (χ1n) is 5.76. The Labute approximate surface area is 111 Å². The second kappa shape index (κ2) is 7.33. The zero-order valence-corrected chi connectivity index (χ0v) is 11.8. The van der Waals surface area contributed by atoms with Crippen LogP contribution in [0.3, 0.4) is 0 Å². The number of carbonyl (C=O) groups excluding carboxylic acids is 1. The van der Waals surface area contributed by atoms with Crippen LogP contribution >= 0.6 is 15.9 Å². The molecule has 17 heavy (non-hydrogen) atoms. The first-order valence-corrected chi connectivity index (χ1v) is 6.55. The van der Waals surface area contributed by atoms with Gasteiger partial charge in [0.2, 0.25) is 5.91 Å². The van der Waals surface area contributed by atoms with Gasteiger partial charge in [-0.1, -0.05) is 13.0 Å². The van der Waals surface area contributed by atoms with Crippen LogP contribution in [0.5, 0.6) is 5.75 Å². The zero-order valence-electron chi connectivity index (χ0n) is 10.3. The summed E-state index contributed by atoms with van der Waals surface area (Å²) in [6, 6.07) is 5.88. The largest absolute Gasteiger partial charge is 0.496 e. The molecule has 0 saturated carbocycles. The summed E-state index contributed by atoms with van der Waals surface area (Å²) in [5.41, 5.74) is 1.13. The third kappa shape index (κ3) is 4.77. The van der Waals surface area contributed by atoms with Crippen molar-refractivity contribution in [1.29, 1.82) is 0 Å². The normalized spacial score (nSPS) is 10.1. The van der Waals surface area contributed by atoms with Crippen molar-refractivity contribution in [1.82, 2.24) is 5.32 Å². The fourth-order valence-corrected chi connectivity index (χ4v) is 2.06. The van der Waals surface area contributed by atoms with Crippen molar-refractivity contribution in [2.45, 2.75) is 26.2 Å². The van der Waals surface area contributed by atoms with E-state index in [9.17, 15) is 4.79 Å². The molecule has 1 aromatic carbocycles. The van der Waals surface area contributed by atoms with Gasteiger partial charge in [0.25, 0.3) is 0 Å². The summed E-state index contributed by atoms with van der Waals surface area (Å²) in [6.07, 6.45) is 2.25. The van der Waals surface area contributed by atoms with E-state index in [0.29, 0.717) is 6.42 Å². The number of amides is 1. The molecular formula is C13H18BrNO2. The van der Waals surface area contributed by atoms with Gasteiger partial charge in [0.1, 0.15) is 5.75 Å². The molecule has 0 heterocycles. The molecule has 0 spiro atoms. The number of methoxy groups -OCH3 is 1. The summed E-state index contributed by atoms with van der Waals surface area (Å²) in [6.45, 7) is 2.80. The highest BCUT2D eigenvalue weighted by molar-refractivity contribution is 9.10. The maximum absolute atomic E-state index is 11.4. The predicted octanol–water partition coefficient (Wildman–Crippen LogP) is 2.92. The monoisotopic (exact) mass is 299 g/mol. The van der Waals surface area contributed by atoms with Crippen LogP contribution in [-0.4, -0.2) is 19.6 Å². The summed E-state index contributed by atoms with van der Waals surface area (Å²) in [5, 5.41) is 2.86. The second-order valence-corrected chi connectivity index (χ2v) is 4.67. The fraction of sp³-hybridized carbons (Fsp3) is 0.462. The fourth-order valence-electron chi connectivity index (χ4n) is 1.48. The quantitative estimate of drug-likeness (QED) is 0.877. The van der Waals surface area contributed by atoms with E-state index in [2.05, 4.69) is 21.2 Å². The molecular weight excluding hydrogens is 282 g/mol. The van der Waals surface area contributed by atoms with Crippen LogP contribution in [0, 0.1) is 0 Å². The molecule has 0 aromatic heterocycles. The van der Waals surface area contributed by atoms with Crippen molar-refractivity contribution in [2.75, 3.05) is 13.7 Å². The Morgan fingerprint density at radius 2 is 2.24 bits per heavy atom. The lowest BCUT2D eigenvalue weighted by molar-refractivity contribution is -0.121. The average molecular weight is 300 g/mol. The minimum Gasteiger partial charge on any atom is -0.496 e. The van der Waals surface area contributed by atoms with Crippen molar-refractivity contribution >= 4 is 21.8 Å². The molecule has 4 heteroatoms. The summed E-state index contributed by atoms with van der Waals surface area (Å²) in [5.74, 6) is 0.919. The number of hydrogen-bond donors (Lipinski definition) is 1. The molecule has 0 bridgehead atoms. The predicted molar refractivity (Wildman–Crippen MR) is 72.3 cm³/mol. The van der Waals surface area contributed by atoms with Crippen molar-refractivity contribution < 1.29 is 9.53 Å². The maximum Gasteiger partial charge on any atom is 0.220 e. The van der Waals surface area contributed by atoms with Gasteiger partial charge in [-0.05, 0) is 46.5 Å². The van der Waals surface area contributed by atoms with Gasteiger partial charge in [0.05, 0.1) is 11.6 Å². The Kier molecular flexibility index (Phi) is 6.05. The number of benzene rings is 1. The highest BCUT2D eigenvalue weighted by Crippen LogP contribution is 2.25. The molecule has 3 nitrogen and oxygen atoms in total. The Morgan fingerprint density at radius 1 is 1.47 bits per heavy atom. The molecule has 0 fully saturated rings. The Morgan fingerprint density at radius 3 is 2.82 bits per heavy atom. The molecule has 0 atom stereocenters. The SMILES string of the molecule is CCCNC(=O)CCc1ccc(OC)c(Br)c1. The summed E-state index contributed by atoms with van der Waals surface area (Å²) < 4.78 is 6.08. The van der Waals surface area contributed by atoms with Gasteiger partial charge < -0.3 is 10.1 Å². The zero-order chi connectivity index (χ0) is 12.7. The summed E-state index contributed by atoms with van der Waals surface area (Å²) in [4.78, 5) is 11.4. The van der Waals surface area contributed by atoms with Crippen LogP contribution in [0.4, 0.5) is 0 Å². The lowest BCUT2D eigenvalue weighted by atomic mass is 10.1. The van der Waals surface area contributed by atoms with Gasteiger partial charge in [0, 0.05) is 13.0 Å². The Hall–Kier alpha value is -1.03. The number of ether oxygens (including phenoxy) is 1. The van der Waals surface area contributed by atoms with Gasteiger partial charge in [-0.3, -0.25) is 4.79 Å². The molecule has 1 amide bonds. The van der Waals surface area contributed by atoms with Crippen molar-refractivity contribution in [3.8, 4) is 5.75 Å². The van der Waals surface area contributed by atoms with Crippen LogP contribution in [0.1, 0.15) is 25.3 Å². The van der Waals surface area contributed by atoms with Gasteiger partial charge in [-0.2, -0.15) is 0 Å². The van der Waals surface area contributed by atoms with Crippen molar-refractivity contribution in [3.63, 3.8) is 0 Å². The average Bonchev–Trinajstić information content (AvgIpc) is 2.34. The van der Waals surface area contributed by atoms with Gasteiger partial charge >= 0.3 is 0 Å². The molecule has 1 rings (SSSR count). The Bertz CT molecular complexity index is 380. The Balaban J connectivity index is 2.47. The highest BCUT2D eigenvalue weighted by atomic mass is 79.9. The van der Waals surface area contributed by atoms with E-state index in [1.165, 1.54) is 0 Å². The first-order chi connectivity index (χ1) is 8.17. The molecule has 94 valence electrons. The van der Waals surface area contributed by atoms with E-state index in [1.807, 2.05) is 25.1 Å². The minimum atomic E-state index is 0.110. The summed E-state index contributed by atoms with van der Waals surface area (Å²) >= 11 is 3.43. The molecule has 0 radical (unpaired) electrons. The molecule has 0 unspecified atom stereocenters. The van der Waals surface area contributed by atoms with Gasteiger partial charge in [-0.25, -0.2) is 0 Å². The van der Waals surface area contributed by atoms with Crippen LogP contribution in [-0.2, 0) is 11.2 Å². The highest BCUT2D eigenvalue weighted by Gasteiger charge is 2.04. The molecule has 1 N–H and O–H groups in total. The number of rotatable bonds is 6. The van der Waals surface area contributed by atoms with E-state index in [4.69, 9.17) is 4.74 Å². The van der Waals surface area contributed by atoms with Crippen LogP contribution in [0.15, 0.2) is 22.7 Å². The minimum absolute atomic E-state index is 0.110. The molecule has 0 aliphatic rings. The third-order valence-corrected chi connectivity index (χ3v) is 3.05. The van der Waals surface area contributed by atoms with E-state index < -0.39 is 0 Å². The van der Waals surface area contributed by atoms with Crippen molar-refractivity contribution in [2.24, 2.45) is 0 Å². The number of halogens is 1. The third-order valence-electron chi connectivity index (χ3n) is 2.43. The smallest absolute Gasteiger partial charge is 0.220 e. The lowest BCUT2D eigenvalue weighted by Crippen LogP contribution is -2.24. The van der Waals surface area contributed by atoms with Gasteiger partial charge in [0.15, 0.2) is 0 Å². The molecule has 0 aliphatic carbocycles. The van der Waals surface area contributed by atoms with E-state index >= 15 is 0 Å². The number of carbonyl (C=O) groups is 1. The molecule has 0 saturated heterocycles. The molecule has 0 aliphatic heterocycles. The van der Waals surface area contributed by atoms with E-state index in [1.54, 1.807) is 7.11 Å². The molecule has 1 aromatic rings. The number of nitrogens with one attached hydrogen (secondary N) is 1. The second-order valence-electron chi connectivity index (χ2n) is 3.82. The maximum atomic E-state index is 11.4. The van der Waals surface area contributed by atoms with Crippen LogP contribution < -0.4 is 10.1 Å². The van der Waals surface area contributed by atoms with Crippen LogP contribution in [0.2, 0.25) is 0 Å². The van der Waals surface area contributed by atoms with E-state index in [0.717, 1.165) is 35.2 Å². The number of aryl methyl sites for hydroxylation is 1. The van der Waals surface area contributed by atoms with Crippen LogP contribution in [0.25, 0.3) is 0 Å². The number of hydrogen-bond acceptors (Lipinski definition) is 2. The van der Waals surface area contributed by atoms with E-state index in [-0.39, 0.29) is 5.91 Å². The summed E-state index contributed by atoms with van der Waals surface area (Å²) in [7, 11) is 1.64. The van der Waals surface area contributed by atoms with Crippen molar-refractivity contribution in [3.05, 3.63) is 28.2 Å². The topological polar surface area (TPSA) is 38.3 Å². The first kappa shape index (κ1) is 14.0. The standard InChI is InChI=1S/C13H18BrNO2/c1-3-8-15-13(16)7-5-10-4-6-12(17-2)11(14)9-10/h4,6,9H,3,5,7-8H2,1-2H3,(H,15,16).